The van der Waals surface area contributed by atoms with Gasteiger partial charge in [-0.25, -0.2) is 13.4 Å². The fraction of sp³-hybridized carbons (Fsp3) is 0.439. The first-order valence-electron chi connectivity index (χ1n) is 18.2. The SMILES string of the molecule is CCC(C)(C)c1ccc(OCCCNC(=O)c2ccc(Oc3c(C(C)(C)C)[nH]n4nc(-c5ccc(NS(C)(=O)=O)cc5)nc34)cc2)c(C(C)(C)CC)c1. The number of nitrogens with zero attached hydrogens (tertiary/aromatic N) is 3. The molecule has 5 rings (SSSR count). The van der Waals surface area contributed by atoms with E-state index in [1.54, 1.807) is 53.2 Å². The molecule has 5 aromatic rings. The van der Waals surface area contributed by atoms with Crippen molar-refractivity contribution in [2.75, 3.05) is 24.1 Å². The van der Waals surface area contributed by atoms with Crippen molar-refractivity contribution in [3.63, 3.8) is 0 Å². The molecular formula is C41H54N6O5S. The Kier molecular flexibility index (Phi) is 11.3. The first-order chi connectivity index (χ1) is 24.8. The number of hydrogen-bond donors (Lipinski definition) is 3. The molecule has 0 aliphatic heterocycles. The van der Waals surface area contributed by atoms with Crippen LogP contribution in [0, 0.1) is 0 Å². The zero-order valence-corrected chi connectivity index (χ0v) is 33.5. The Bertz CT molecular complexity index is 2160. The van der Waals surface area contributed by atoms with Gasteiger partial charge in [-0.05, 0) is 90.3 Å². The summed E-state index contributed by atoms with van der Waals surface area (Å²) >= 11 is 0. The molecule has 3 aromatic carbocycles. The van der Waals surface area contributed by atoms with Crippen LogP contribution in [0.15, 0.2) is 66.7 Å². The van der Waals surface area contributed by atoms with Crippen LogP contribution in [0.4, 0.5) is 5.69 Å². The van der Waals surface area contributed by atoms with Crippen LogP contribution in [-0.2, 0) is 26.3 Å². The molecule has 0 aliphatic carbocycles. The molecule has 2 heterocycles. The number of ether oxygens (including phenoxy) is 2. The fourth-order valence-corrected chi connectivity index (χ4v) is 6.35. The summed E-state index contributed by atoms with van der Waals surface area (Å²) in [5, 5.41) is 10.9. The van der Waals surface area contributed by atoms with Gasteiger partial charge in [0.05, 0.1) is 18.6 Å². The largest absolute Gasteiger partial charge is 0.493 e. The normalized spacial score (nSPS) is 12.6. The van der Waals surface area contributed by atoms with Crippen LogP contribution in [0.5, 0.6) is 17.2 Å². The van der Waals surface area contributed by atoms with Crippen molar-refractivity contribution in [3.05, 3.63) is 89.1 Å². The maximum atomic E-state index is 13.0. The average molecular weight is 743 g/mol. The minimum Gasteiger partial charge on any atom is -0.493 e. The Hall–Kier alpha value is -4.84. The number of hydrogen-bond acceptors (Lipinski definition) is 7. The van der Waals surface area contributed by atoms with Gasteiger partial charge in [0, 0.05) is 34.3 Å². The minimum atomic E-state index is -3.39. The third kappa shape index (κ3) is 9.40. The lowest BCUT2D eigenvalue weighted by Gasteiger charge is -2.30. The Balaban J connectivity index is 1.22. The molecule has 0 atom stereocenters. The van der Waals surface area contributed by atoms with Crippen LogP contribution in [0.1, 0.15) is 109 Å². The van der Waals surface area contributed by atoms with Crippen molar-refractivity contribution >= 4 is 27.3 Å². The third-order valence-corrected chi connectivity index (χ3v) is 10.5. The molecule has 0 spiro atoms. The quantitative estimate of drug-likeness (QED) is 0.0912. The Morgan fingerprint density at radius 2 is 1.55 bits per heavy atom. The number of aromatic amines is 1. The molecule has 0 unspecified atom stereocenters. The van der Waals surface area contributed by atoms with Crippen molar-refractivity contribution in [1.29, 1.82) is 0 Å². The van der Waals surface area contributed by atoms with Gasteiger partial charge < -0.3 is 14.8 Å². The van der Waals surface area contributed by atoms with E-state index in [1.165, 1.54) is 11.1 Å². The maximum Gasteiger partial charge on any atom is 0.251 e. The van der Waals surface area contributed by atoms with E-state index in [4.69, 9.17) is 14.5 Å². The van der Waals surface area contributed by atoms with Crippen molar-refractivity contribution in [2.24, 2.45) is 0 Å². The van der Waals surface area contributed by atoms with Crippen LogP contribution in [0.25, 0.3) is 17.0 Å². The Morgan fingerprint density at radius 1 is 0.887 bits per heavy atom. The smallest absolute Gasteiger partial charge is 0.251 e. The number of sulfonamides is 1. The number of aromatic nitrogens is 4. The van der Waals surface area contributed by atoms with Crippen molar-refractivity contribution in [3.8, 4) is 28.6 Å². The first-order valence-corrected chi connectivity index (χ1v) is 20.1. The van der Waals surface area contributed by atoms with Crippen LogP contribution < -0.4 is 19.5 Å². The van der Waals surface area contributed by atoms with Crippen LogP contribution >= 0.6 is 0 Å². The lowest BCUT2D eigenvalue weighted by molar-refractivity contribution is 0.0951. The predicted molar refractivity (Wildman–Crippen MR) is 212 cm³/mol. The molecule has 3 N–H and O–H groups in total. The standard InChI is InChI=1S/C41H54N6O5S/c1-11-40(6,7)29-18-23-33(32(26-29)41(8,9)12-2)51-25-13-24-42-38(48)28-16-21-31(22-17-28)52-34-35(39(3,4)5)44-47-37(34)43-36(45-47)27-14-19-30(20-15-27)46-53(10,49)50/h14-23,26,44,46H,11-13,24-25H2,1-10H3,(H,42,48). The van der Waals surface area contributed by atoms with Crippen molar-refractivity contribution in [1.82, 2.24) is 25.1 Å². The number of carbonyl (C=O) groups excluding carboxylic acids is 1. The molecule has 11 nitrogen and oxygen atoms in total. The van der Waals surface area contributed by atoms with Crippen LogP contribution in [0.2, 0.25) is 0 Å². The van der Waals surface area contributed by atoms with Gasteiger partial charge in [0.15, 0.2) is 11.6 Å². The van der Waals surface area contributed by atoms with Gasteiger partial charge in [-0.3, -0.25) is 14.6 Å². The molecule has 1 amide bonds. The molecule has 0 aliphatic rings. The van der Waals surface area contributed by atoms with Gasteiger partial charge in [-0.15, -0.1) is 9.73 Å². The highest BCUT2D eigenvalue weighted by Crippen LogP contribution is 2.39. The summed E-state index contributed by atoms with van der Waals surface area (Å²) in [6.45, 7) is 20.7. The Labute approximate surface area is 313 Å². The third-order valence-electron chi connectivity index (χ3n) is 9.91. The summed E-state index contributed by atoms with van der Waals surface area (Å²) < 4.78 is 39.9. The molecule has 0 saturated heterocycles. The highest BCUT2D eigenvalue weighted by Gasteiger charge is 2.28. The van der Waals surface area contributed by atoms with E-state index in [-0.39, 0.29) is 22.2 Å². The number of rotatable bonds is 15. The second-order valence-corrected chi connectivity index (χ2v) is 17.7. The molecule has 0 fully saturated rings. The van der Waals surface area contributed by atoms with Gasteiger partial charge in [-0.1, -0.05) is 74.4 Å². The van der Waals surface area contributed by atoms with E-state index in [9.17, 15) is 13.2 Å². The van der Waals surface area contributed by atoms with E-state index in [1.807, 2.05) is 0 Å². The molecule has 0 saturated carbocycles. The Morgan fingerprint density at radius 3 is 2.15 bits per heavy atom. The first kappa shape index (κ1) is 39.4. The van der Waals surface area contributed by atoms with Gasteiger partial charge in [0.1, 0.15) is 11.5 Å². The summed E-state index contributed by atoms with van der Waals surface area (Å²) in [6.07, 6.45) is 3.83. The maximum absolute atomic E-state index is 13.0. The molecule has 0 bridgehead atoms. The van der Waals surface area contributed by atoms with E-state index < -0.39 is 10.0 Å². The molecule has 2 aromatic heterocycles. The second kappa shape index (κ2) is 15.3. The second-order valence-electron chi connectivity index (χ2n) is 16.0. The fourth-order valence-electron chi connectivity index (χ4n) is 5.78. The number of benzene rings is 3. The summed E-state index contributed by atoms with van der Waals surface area (Å²) in [5.74, 6) is 2.25. The number of anilines is 1. The molecule has 0 radical (unpaired) electrons. The molecule has 53 heavy (non-hydrogen) atoms. The summed E-state index contributed by atoms with van der Waals surface area (Å²) in [6, 6.07) is 20.4. The topological polar surface area (TPSA) is 140 Å². The predicted octanol–water partition coefficient (Wildman–Crippen LogP) is 8.76. The number of carbonyl (C=O) groups is 1. The lowest BCUT2D eigenvalue weighted by Crippen LogP contribution is -2.26. The number of amides is 1. The van der Waals surface area contributed by atoms with Crippen LogP contribution in [0.3, 0.4) is 0 Å². The highest BCUT2D eigenvalue weighted by atomic mass is 32.2. The van der Waals surface area contributed by atoms with Gasteiger partial charge in [0.2, 0.25) is 15.7 Å². The van der Waals surface area contributed by atoms with Crippen molar-refractivity contribution in [2.45, 2.75) is 97.8 Å². The summed E-state index contributed by atoms with van der Waals surface area (Å²) in [5.41, 5.74) is 5.29. The number of H-pyrrole nitrogens is 1. The molecule has 284 valence electrons. The van der Waals surface area contributed by atoms with E-state index in [0.717, 1.165) is 30.5 Å². The lowest BCUT2D eigenvalue weighted by atomic mass is 9.76. The zero-order chi connectivity index (χ0) is 38.8. The van der Waals surface area contributed by atoms with E-state index >= 15 is 0 Å². The van der Waals surface area contributed by atoms with Gasteiger partial charge >= 0.3 is 0 Å². The highest BCUT2D eigenvalue weighted by molar-refractivity contribution is 7.92. The summed E-state index contributed by atoms with van der Waals surface area (Å²) in [7, 11) is -3.39. The number of fused-ring (bicyclic) bond motifs is 1. The number of nitrogens with one attached hydrogen (secondary N) is 3. The van der Waals surface area contributed by atoms with E-state index in [0.29, 0.717) is 59.4 Å². The van der Waals surface area contributed by atoms with Crippen LogP contribution in [-0.4, -0.2) is 53.5 Å². The van der Waals surface area contributed by atoms with Gasteiger partial charge in [-0.2, -0.15) is 0 Å². The summed E-state index contributed by atoms with van der Waals surface area (Å²) in [4.78, 5) is 17.8. The zero-order valence-electron chi connectivity index (χ0n) is 32.7. The van der Waals surface area contributed by atoms with Gasteiger partial charge in [0.25, 0.3) is 5.91 Å². The minimum absolute atomic E-state index is 0.0195. The van der Waals surface area contributed by atoms with Crippen molar-refractivity contribution < 1.29 is 22.7 Å². The van der Waals surface area contributed by atoms with E-state index in [2.05, 4.69) is 101 Å². The molecule has 12 heteroatoms. The average Bonchev–Trinajstić information content (AvgIpc) is 3.67. The molecular weight excluding hydrogens is 689 g/mol. The monoisotopic (exact) mass is 742 g/mol.